The molecule has 0 saturated heterocycles. The van der Waals surface area contributed by atoms with Crippen molar-refractivity contribution < 1.29 is 4.84 Å². The van der Waals surface area contributed by atoms with Crippen LogP contribution >= 0.6 is 21.3 Å². The van der Waals surface area contributed by atoms with Crippen molar-refractivity contribution in [2.24, 2.45) is 0 Å². The third-order valence-electron chi connectivity index (χ3n) is 2.19. The minimum Gasteiger partial charge on any atom is -0.395 e. The largest absolute Gasteiger partial charge is 0.395 e. The monoisotopic (exact) mass is 340 g/mol. The maximum Gasteiger partial charge on any atom is 0.148 e. The molecular weight excluding hydrogens is 327 g/mol. The number of nitrogens with one attached hydrogen (secondary N) is 1. The summed E-state index contributed by atoms with van der Waals surface area (Å²) in [5.41, 5.74) is 1.16. The highest BCUT2D eigenvalue weighted by Crippen LogP contribution is 2.18. The van der Waals surface area contributed by atoms with Crippen molar-refractivity contribution in [3.05, 3.63) is 66.2 Å². The van der Waals surface area contributed by atoms with Crippen LogP contribution in [-0.2, 0) is 6.54 Å². The number of halogens is 1. The van der Waals surface area contributed by atoms with E-state index in [1.165, 1.54) is 0 Å². The number of hydroxylamine groups is 1. The van der Waals surface area contributed by atoms with Crippen molar-refractivity contribution in [1.29, 1.82) is 3.56 Å². The van der Waals surface area contributed by atoms with Gasteiger partial charge in [-0.2, -0.15) is 0 Å². The van der Waals surface area contributed by atoms with Crippen molar-refractivity contribution in [2.75, 3.05) is 0 Å². The summed E-state index contributed by atoms with van der Waals surface area (Å²) in [4.78, 5) is 5.66. The topological polar surface area (TPSA) is 36.3 Å². The van der Waals surface area contributed by atoms with E-state index >= 15 is 0 Å². The smallest absolute Gasteiger partial charge is 0.148 e. The fraction of sp³-hybridized carbons (Fsp3) is 0.0769. The van der Waals surface area contributed by atoms with Crippen LogP contribution < -0.4 is 4.84 Å². The maximum absolute atomic E-state index is 7.57. The van der Waals surface area contributed by atoms with Gasteiger partial charge in [0.25, 0.3) is 0 Å². The van der Waals surface area contributed by atoms with E-state index in [4.69, 9.17) is 8.40 Å². The molecule has 0 radical (unpaired) electrons. The lowest BCUT2D eigenvalue weighted by Gasteiger charge is -2.16. The number of hydrogen-bond acceptors (Lipinski definition) is 2. The second kappa shape index (κ2) is 6.46. The first kappa shape index (κ1) is 12.2. The molecule has 0 aliphatic rings. The first-order valence-corrected chi connectivity index (χ1v) is 7.28. The minimum absolute atomic E-state index is 0.659. The van der Waals surface area contributed by atoms with Crippen LogP contribution in [0.25, 0.3) is 0 Å². The molecule has 1 N–H and O–H groups in total. The van der Waals surface area contributed by atoms with Gasteiger partial charge in [0.2, 0.25) is 0 Å². The van der Waals surface area contributed by atoms with Gasteiger partial charge in [-0.15, -0.1) is 0 Å². The molecule has 0 spiro atoms. The number of para-hydroxylation sites is 1. The third kappa shape index (κ3) is 3.90. The summed E-state index contributed by atoms with van der Waals surface area (Å²) in [5.74, 6) is 0.787. The van der Waals surface area contributed by atoms with E-state index in [0.29, 0.717) is 6.54 Å². The SMILES string of the molecule is N=IN(Cc1ccccc1)Oc1ccccc1. The second-order valence-electron chi connectivity index (χ2n) is 3.45. The summed E-state index contributed by atoms with van der Waals surface area (Å²) in [6, 6.07) is 19.7. The zero-order valence-corrected chi connectivity index (χ0v) is 11.4. The summed E-state index contributed by atoms with van der Waals surface area (Å²) < 4.78 is 9.30. The molecule has 0 amide bonds. The van der Waals surface area contributed by atoms with E-state index in [0.717, 1.165) is 11.3 Å². The number of nitrogens with zero attached hydrogens (tertiary/aromatic N) is 1. The lowest BCUT2D eigenvalue weighted by atomic mass is 10.2. The number of benzene rings is 2. The molecule has 2 aromatic carbocycles. The van der Waals surface area contributed by atoms with Crippen molar-refractivity contribution in [3.63, 3.8) is 0 Å². The first-order chi connectivity index (χ1) is 8.38. The van der Waals surface area contributed by atoms with Crippen LogP contribution in [0.3, 0.4) is 0 Å². The predicted molar refractivity (Wildman–Crippen MR) is 75.8 cm³/mol. The van der Waals surface area contributed by atoms with Crippen LogP contribution in [0.15, 0.2) is 60.7 Å². The summed E-state index contributed by atoms with van der Waals surface area (Å²) in [7, 11) is 0. The third-order valence-corrected chi connectivity index (χ3v) is 3.27. The average molecular weight is 340 g/mol. The van der Waals surface area contributed by atoms with Gasteiger partial charge >= 0.3 is 0 Å². The van der Waals surface area contributed by atoms with Crippen molar-refractivity contribution in [1.82, 2.24) is 3.28 Å². The zero-order chi connectivity index (χ0) is 11.9. The quantitative estimate of drug-likeness (QED) is 0.505. The predicted octanol–water partition coefficient (Wildman–Crippen LogP) is 4.13. The minimum atomic E-state index is -0.849. The molecule has 0 heterocycles. The Morgan fingerprint density at radius 1 is 0.941 bits per heavy atom. The van der Waals surface area contributed by atoms with Crippen LogP contribution in [0, 0.1) is 3.56 Å². The van der Waals surface area contributed by atoms with Gasteiger partial charge in [-0.05, 0) is 17.7 Å². The molecule has 3 nitrogen and oxygen atoms in total. The van der Waals surface area contributed by atoms with Gasteiger partial charge in [0.1, 0.15) is 27.1 Å². The van der Waals surface area contributed by atoms with E-state index in [9.17, 15) is 0 Å². The Morgan fingerprint density at radius 3 is 2.12 bits per heavy atom. The molecule has 17 heavy (non-hydrogen) atoms. The lowest BCUT2D eigenvalue weighted by molar-refractivity contribution is 0.0660. The normalized spacial score (nSPS) is 10.4. The van der Waals surface area contributed by atoms with Crippen LogP contribution in [0.5, 0.6) is 5.75 Å². The molecular formula is C13H13IN2O. The second-order valence-corrected chi connectivity index (χ2v) is 5.01. The lowest BCUT2D eigenvalue weighted by Crippen LogP contribution is -2.16. The Labute approximate surface area is 111 Å². The van der Waals surface area contributed by atoms with E-state index in [2.05, 4.69) is 0 Å². The van der Waals surface area contributed by atoms with Gasteiger partial charge in [-0.25, -0.2) is 0 Å². The van der Waals surface area contributed by atoms with Gasteiger partial charge < -0.3 is 4.84 Å². The Kier molecular flexibility index (Phi) is 4.63. The molecule has 0 fully saturated rings. The van der Waals surface area contributed by atoms with Crippen LogP contribution in [0.1, 0.15) is 5.56 Å². The highest BCUT2D eigenvalue weighted by Gasteiger charge is 2.05. The molecule has 0 unspecified atom stereocenters. The molecule has 0 bridgehead atoms. The summed E-state index contributed by atoms with van der Waals surface area (Å²) in [5, 5.41) is 0. The highest BCUT2D eigenvalue weighted by atomic mass is 127. The summed E-state index contributed by atoms with van der Waals surface area (Å²) >= 11 is -0.849. The number of rotatable bonds is 5. The average Bonchev–Trinajstić information content (AvgIpc) is 2.40. The van der Waals surface area contributed by atoms with Crippen LogP contribution in [0.2, 0.25) is 0 Å². The van der Waals surface area contributed by atoms with Gasteiger partial charge in [0.05, 0.1) is 6.54 Å². The fourth-order valence-electron chi connectivity index (χ4n) is 1.40. The summed E-state index contributed by atoms with van der Waals surface area (Å²) in [6.07, 6.45) is 0. The van der Waals surface area contributed by atoms with Gasteiger partial charge in [0.15, 0.2) is 0 Å². The first-order valence-electron chi connectivity index (χ1n) is 5.24. The van der Waals surface area contributed by atoms with E-state index in [1.54, 1.807) is 3.28 Å². The Morgan fingerprint density at radius 2 is 1.53 bits per heavy atom. The molecule has 88 valence electrons. The zero-order valence-electron chi connectivity index (χ0n) is 9.21. The van der Waals surface area contributed by atoms with E-state index < -0.39 is 21.3 Å². The molecule has 2 rings (SSSR count). The molecule has 0 aliphatic heterocycles. The van der Waals surface area contributed by atoms with Gasteiger partial charge in [-0.3, -0.25) is 3.56 Å². The Bertz CT molecular complexity index is 420. The van der Waals surface area contributed by atoms with Gasteiger partial charge in [0, 0.05) is 0 Å². The van der Waals surface area contributed by atoms with Crippen molar-refractivity contribution in [3.8, 4) is 5.75 Å². The molecule has 4 heteroatoms. The van der Waals surface area contributed by atoms with E-state index in [-0.39, 0.29) is 0 Å². The van der Waals surface area contributed by atoms with Gasteiger partial charge in [-0.1, -0.05) is 51.8 Å². The Hall–Kier alpha value is -1.27. The van der Waals surface area contributed by atoms with Crippen LogP contribution in [0.4, 0.5) is 0 Å². The van der Waals surface area contributed by atoms with Crippen LogP contribution in [-0.4, -0.2) is 3.28 Å². The Balaban J connectivity index is 2.01. The fourth-order valence-corrected chi connectivity index (χ4v) is 2.29. The maximum atomic E-state index is 7.57. The number of hydrogen-bond donors (Lipinski definition) is 1. The molecule has 0 aromatic heterocycles. The summed E-state index contributed by atoms with van der Waals surface area (Å²) in [6.45, 7) is 0.659. The molecule has 0 atom stereocenters. The van der Waals surface area contributed by atoms with E-state index in [1.807, 2.05) is 60.7 Å². The molecule has 0 saturated carbocycles. The molecule has 2 aromatic rings. The molecule has 0 aliphatic carbocycles. The van der Waals surface area contributed by atoms with Crippen molar-refractivity contribution in [2.45, 2.75) is 6.54 Å². The highest BCUT2D eigenvalue weighted by molar-refractivity contribution is 14.1. The van der Waals surface area contributed by atoms with Crippen molar-refractivity contribution >= 4 is 21.3 Å². The standard InChI is InChI=1S/C13H13IN2O/c15-14-16(11-12-7-3-1-4-8-12)17-13-9-5-2-6-10-13/h1-10,15H,11H2.